The van der Waals surface area contributed by atoms with E-state index in [4.69, 9.17) is 9.47 Å². The number of aliphatic hydroxyl groups is 1. The van der Waals surface area contributed by atoms with Crippen LogP contribution in [-0.4, -0.2) is 29.6 Å². The molecule has 0 saturated heterocycles. The molecule has 3 rings (SSSR count). The number of fused-ring (bicyclic) bond motifs is 4. The minimum atomic E-state index is -0.950. The van der Waals surface area contributed by atoms with Crippen molar-refractivity contribution in [3.8, 4) is 0 Å². The molecule has 4 heteroatoms. The van der Waals surface area contributed by atoms with Crippen LogP contribution in [0.4, 0.5) is 0 Å². The maximum absolute atomic E-state index is 11.7. The molecular weight excluding hydrogens is 256 g/mol. The SMILES string of the molecule is C=C1CC2C[C@](C)(CCC3=CC(=O)O[C@@]32OC)[C@]1(C)O. The van der Waals surface area contributed by atoms with Gasteiger partial charge in [0.15, 0.2) is 0 Å². The number of hydrogen-bond donors (Lipinski definition) is 1. The van der Waals surface area contributed by atoms with Gasteiger partial charge in [0.1, 0.15) is 0 Å². The molecule has 1 heterocycles. The van der Waals surface area contributed by atoms with Crippen LogP contribution in [0.15, 0.2) is 23.8 Å². The number of rotatable bonds is 1. The average Bonchev–Trinajstić information content (AvgIpc) is 2.66. The molecule has 2 aliphatic carbocycles. The fourth-order valence-electron chi connectivity index (χ4n) is 4.18. The molecule has 3 aliphatic rings. The zero-order chi connectivity index (χ0) is 14.8. The highest BCUT2D eigenvalue weighted by atomic mass is 16.7. The van der Waals surface area contributed by atoms with Crippen molar-refractivity contribution in [3.63, 3.8) is 0 Å². The van der Waals surface area contributed by atoms with Crippen LogP contribution in [0.5, 0.6) is 0 Å². The minimum Gasteiger partial charge on any atom is -0.425 e. The molecule has 4 atom stereocenters. The summed E-state index contributed by atoms with van der Waals surface area (Å²) in [6.07, 6.45) is 4.43. The van der Waals surface area contributed by atoms with Gasteiger partial charge in [0.05, 0.1) is 5.60 Å². The molecule has 0 radical (unpaired) electrons. The molecule has 0 aromatic rings. The van der Waals surface area contributed by atoms with E-state index in [1.807, 2.05) is 6.92 Å². The van der Waals surface area contributed by atoms with Gasteiger partial charge in [0.2, 0.25) is 5.79 Å². The largest absolute Gasteiger partial charge is 0.425 e. The molecule has 1 unspecified atom stereocenters. The molecule has 1 aliphatic heterocycles. The molecule has 2 saturated carbocycles. The van der Waals surface area contributed by atoms with Crippen LogP contribution in [0.25, 0.3) is 0 Å². The predicted molar refractivity (Wildman–Crippen MR) is 73.7 cm³/mol. The summed E-state index contributed by atoms with van der Waals surface area (Å²) in [5.41, 5.74) is 0.554. The number of ether oxygens (including phenoxy) is 2. The molecule has 0 aromatic heterocycles. The normalized spacial score (nSPS) is 47.4. The highest BCUT2D eigenvalue weighted by molar-refractivity contribution is 5.86. The number of carbonyl (C=O) groups is 1. The standard InChI is InChI=1S/C16H22O4/c1-10-7-12-9-14(2,15(10,3)18)6-5-11-8-13(17)20-16(11,12)19-4/h8,12,18H,1,5-7,9H2,2-4H3/t12?,14-,15+,16-/m0/s1. The van der Waals surface area contributed by atoms with E-state index < -0.39 is 11.4 Å². The monoisotopic (exact) mass is 278 g/mol. The molecule has 110 valence electrons. The van der Waals surface area contributed by atoms with Gasteiger partial charge in [-0.25, -0.2) is 4.79 Å². The first-order valence-corrected chi connectivity index (χ1v) is 7.15. The Hall–Kier alpha value is -1.13. The summed E-state index contributed by atoms with van der Waals surface area (Å²) in [7, 11) is 1.59. The molecular formula is C16H22O4. The second-order valence-corrected chi connectivity index (χ2v) is 6.80. The maximum atomic E-state index is 11.7. The lowest BCUT2D eigenvalue weighted by Crippen LogP contribution is -2.53. The Morgan fingerprint density at radius 2 is 2.20 bits per heavy atom. The Morgan fingerprint density at radius 3 is 2.85 bits per heavy atom. The van der Waals surface area contributed by atoms with E-state index in [0.717, 1.165) is 24.0 Å². The first-order valence-electron chi connectivity index (χ1n) is 7.15. The fraction of sp³-hybridized carbons (Fsp3) is 0.688. The summed E-state index contributed by atoms with van der Waals surface area (Å²) in [4.78, 5) is 11.7. The second kappa shape index (κ2) is 3.95. The van der Waals surface area contributed by atoms with E-state index in [1.165, 1.54) is 0 Å². The van der Waals surface area contributed by atoms with Crippen molar-refractivity contribution in [2.45, 2.75) is 50.9 Å². The summed E-state index contributed by atoms with van der Waals surface area (Å²) < 4.78 is 11.2. The Balaban J connectivity index is 2.10. The van der Waals surface area contributed by atoms with Gasteiger partial charge in [-0.15, -0.1) is 0 Å². The van der Waals surface area contributed by atoms with E-state index in [-0.39, 0.29) is 17.3 Å². The Bertz CT molecular complexity index is 519. The smallest absolute Gasteiger partial charge is 0.333 e. The van der Waals surface area contributed by atoms with Crippen molar-refractivity contribution in [3.05, 3.63) is 23.8 Å². The van der Waals surface area contributed by atoms with Crippen LogP contribution in [0.3, 0.4) is 0 Å². The van der Waals surface area contributed by atoms with Crippen molar-refractivity contribution in [2.24, 2.45) is 11.3 Å². The van der Waals surface area contributed by atoms with Crippen LogP contribution in [-0.2, 0) is 14.3 Å². The van der Waals surface area contributed by atoms with Gasteiger partial charge in [-0.3, -0.25) is 0 Å². The molecule has 0 aromatic carbocycles. The van der Waals surface area contributed by atoms with Crippen molar-refractivity contribution in [2.75, 3.05) is 7.11 Å². The van der Waals surface area contributed by atoms with E-state index in [2.05, 4.69) is 13.5 Å². The quantitative estimate of drug-likeness (QED) is 0.591. The van der Waals surface area contributed by atoms with Crippen molar-refractivity contribution >= 4 is 5.97 Å². The summed E-state index contributed by atoms with van der Waals surface area (Å²) in [6, 6.07) is 0. The zero-order valence-electron chi connectivity index (χ0n) is 12.4. The molecule has 2 fully saturated rings. The molecule has 0 amide bonds. The summed E-state index contributed by atoms with van der Waals surface area (Å²) >= 11 is 0. The number of esters is 1. The summed E-state index contributed by atoms with van der Waals surface area (Å²) in [6.45, 7) is 8.02. The van der Waals surface area contributed by atoms with E-state index in [1.54, 1.807) is 13.2 Å². The van der Waals surface area contributed by atoms with Crippen molar-refractivity contribution < 1.29 is 19.4 Å². The van der Waals surface area contributed by atoms with E-state index in [0.29, 0.717) is 12.8 Å². The van der Waals surface area contributed by atoms with Crippen LogP contribution < -0.4 is 0 Å². The van der Waals surface area contributed by atoms with Gasteiger partial charge in [-0.2, -0.15) is 0 Å². The van der Waals surface area contributed by atoms with Gasteiger partial charge in [-0.05, 0) is 38.2 Å². The Morgan fingerprint density at radius 1 is 1.50 bits per heavy atom. The molecule has 4 nitrogen and oxygen atoms in total. The molecule has 0 spiro atoms. The van der Waals surface area contributed by atoms with Gasteiger partial charge in [0.25, 0.3) is 0 Å². The number of carbonyl (C=O) groups excluding carboxylic acids is 1. The summed E-state index contributed by atoms with van der Waals surface area (Å²) in [5, 5.41) is 10.8. The fourth-order valence-corrected chi connectivity index (χ4v) is 4.18. The van der Waals surface area contributed by atoms with E-state index >= 15 is 0 Å². The minimum absolute atomic E-state index is 0.0189. The highest BCUT2D eigenvalue weighted by Crippen LogP contribution is 2.59. The van der Waals surface area contributed by atoms with Gasteiger partial charge in [0, 0.05) is 30.1 Å². The van der Waals surface area contributed by atoms with Crippen molar-refractivity contribution in [1.82, 2.24) is 0 Å². The van der Waals surface area contributed by atoms with Gasteiger partial charge >= 0.3 is 5.97 Å². The second-order valence-electron chi connectivity index (χ2n) is 6.80. The van der Waals surface area contributed by atoms with Crippen LogP contribution in [0.1, 0.15) is 39.5 Å². The third kappa shape index (κ3) is 1.52. The number of methoxy groups -OCH3 is 1. The van der Waals surface area contributed by atoms with Crippen molar-refractivity contribution in [1.29, 1.82) is 0 Å². The predicted octanol–water partition coefficient (Wildman–Crippen LogP) is 2.33. The lowest BCUT2D eigenvalue weighted by atomic mass is 9.58. The number of hydrogen-bond acceptors (Lipinski definition) is 4. The molecule has 20 heavy (non-hydrogen) atoms. The van der Waals surface area contributed by atoms with Crippen LogP contribution >= 0.6 is 0 Å². The zero-order valence-corrected chi connectivity index (χ0v) is 12.4. The van der Waals surface area contributed by atoms with Gasteiger partial charge < -0.3 is 14.6 Å². The topological polar surface area (TPSA) is 55.8 Å². The van der Waals surface area contributed by atoms with E-state index in [9.17, 15) is 9.90 Å². The lowest BCUT2D eigenvalue weighted by Gasteiger charge is -2.51. The maximum Gasteiger partial charge on any atom is 0.333 e. The highest BCUT2D eigenvalue weighted by Gasteiger charge is 2.61. The van der Waals surface area contributed by atoms with Gasteiger partial charge in [-0.1, -0.05) is 13.5 Å². The van der Waals surface area contributed by atoms with Crippen LogP contribution in [0.2, 0.25) is 0 Å². The summed E-state index contributed by atoms with van der Waals surface area (Å²) in [5.74, 6) is -1.26. The third-order valence-corrected chi connectivity index (χ3v) is 5.83. The van der Waals surface area contributed by atoms with Crippen LogP contribution in [0, 0.1) is 11.3 Å². The Labute approximate surface area is 119 Å². The Kier molecular flexibility index (Phi) is 2.73. The third-order valence-electron chi connectivity index (χ3n) is 5.83. The lowest BCUT2D eigenvalue weighted by molar-refractivity contribution is -0.222. The first kappa shape index (κ1) is 13.8. The molecule has 2 bridgehead atoms. The average molecular weight is 278 g/mol. The molecule has 1 N–H and O–H groups in total. The first-order chi connectivity index (χ1) is 9.25.